The molecule has 0 rings (SSSR count). The molecule has 0 radical (unpaired) electrons. The summed E-state index contributed by atoms with van der Waals surface area (Å²) < 4.78 is 0. The first-order valence-corrected chi connectivity index (χ1v) is 5.74. The predicted molar refractivity (Wildman–Crippen MR) is 63.8 cm³/mol. The highest BCUT2D eigenvalue weighted by atomic mass is 28.1. The van der Waals surface area contributed by atoms with Gasteiger partial charge in [0.15, 0.2) is 0 Å². The summed E-state index contributed by atoms with van der Waals surface area (Å²) in [6.07, 6.45) is 0. The zero-order valence-corrected chi connectivity index (χ0v) is 12.4. The van der Waals surface area contributed by atoms with Crippen LogP contribution in [0, 0.1) is 5.41 Å². The minimum atomic E-state index is 0.302. The molecule has 0 saturated carbocycles. The van der Waals surface area contributed by atoms with Crippen LogP contribution in [0.5, 0.6) is 0 Å². The number of rotatable bonds is 2. The summed E-state index contributed by atoms with van der Waals surface area (Å²) in [5.41, 5.74) is 0.302. The molecule has 0 saturated heterocycles. The fourth-order valence-corrected chi connectivity index (χ4v) is 2.30. The Bertz CT molecular complexity index is 189. The lowest BCUT2D eigenvalue weighted by Crippen LogP contribution is -2.30. The molecule has 0 aliphatic carbocycles. The van der Waals surface area contributed by atoms with Crippen LogP contribution in [0.2, 0.25) is 0 Å². The van der Waals surface area contributed by atoms with E-state index >= 15 is 0 Å². The topological polar surface area (TPSA) is 6.48 Å². The highest BCUT2D eigenvalue weighted by Crippen LogP contribution is 2.26. The molecule has 3 heteroatoms. The molecule has 0 aromatic heterocycles. The second kappa shape index (κ2) is 4.18. The molecule has 0 heterocycles. The molecule has 0 fully saturated rings. The van der Waals surface area contributed by atoms with E-state index in [1.54, 1.807) is 5.20 Å². The van der Waals surface area contributed by atoms with Gasteiger partial charge in [-0.3, -0.25) is 0 Å². The second-order valence-corrected chi connectivity index (χ2v) is 5.99. The Morgan fingerprint density at radius 2 is 1.23 bits per heavy atom. The van der Waals surface area contributed by atoms with E-state index in [-0.39, 0.29) is 0 Å². The molecule has 0 unspecified atom stereocenters. The van der Waals surface area contributed by atoms with E-state index < -0.39 is 0 Å². The van der Waals surface area contributed by atoms with E-state index in [4.69, 9.17) is 0 Å². The van der Waals surface area contributed by atoms with Gasteiger partial charge in [0, 0.05) is 38.4 Å². The van der Waals surface area contributed by atoms with Gasteiger partial charge in [-0.15, -0.1) is 0 Å². The Kier molecular flexibility index (Phi) is 4.04. The Balaban J connectivity index is 5.11. The average Bonchev–Trinajstić information content (AvgIpc) is 1.82. The fraction of sp³-hybridized carbons (Fsp3) is 0.800. The van der Waals surface area contributed by atoms with Crippen LogP contribution in [0.4, 0.5) is 0 Å². The van der Waals surface area contributed by atoms with Gasteiger partial charge in [0.1, 0.15) is 0 Å². The Hall–Kier alpha value is -0.443. The molecule has 0 aliphatic rings. The number of allylic oxidation sites excluding steroid dienone is 1. The van der Waals surface area contributed by atoms with Crippen LogP contribution in [0.1, 0.15) is 20.8 Å². The molecule has 0 amide bonds. The lowest BCUT2D eigenvalue weighted by molar-refractivity contribution is 0.324. The maximum atomic E-state index is 2.28. The first-order valence-electron chi connectivity index (χ1n) is 4.74. The van der Waals surface area contributed by atoms with Gasteiger partial charge in [-0.25, -0.2) is 0 Å². The van der Waals surface area contributed by atoms with Crippen molar-refractivity contribution in [3.05, 3.63) is 11.0 Å². The normalized spacial score (nSPS) is 11.3. The van der Waals surface area contributed by atoms with Crippen molar-refractivity contribution in [1.82, 2.24) is 9.80 Å². The standard InChI is InChI=1S/C10H24N2Si/c1-10(2,3)8(13)9(11(4)5)12(6)7/h1-7,13H3. The van der Waals surface area contributed by atoms with Crippen molar-refractivity contribution in [2.24, 2.45) is 5.41 Å². The molecule has 78 valence electrons. The summed E-state index contributed by atoms with van der Waals surface area (Å²) in [5, 5.41) is 1.56. The largest absolute Gasteiger partial charge is 0.365 e. The molecule has 0 aromatic carbocycles. The lowest BCUT2D eigenvalue weighted by Gasteiger charge is -2.32. The predicted octanol–water partition coefficient (Wildman–Crippen LogP) is 0.690. The number of hydrogen-bond acceptors (Lipinski definition) is 2. The van der Waals surface area contributed by atoms with Gasteiger partial charge in [0.25, 0.3) is 0 Å². The highest BCUT2D eigenvalue weighted by molar-refractivity contribution is 6.22. The SMILES string of the molecule is CN(C)C(=C([SiH3])C(C)(C)C)N(C)C. The second-order valence-electron chi connectivity index (χ2n) is 4.99. The first-order chi connectivity index (χ1) is 5.68. The van der Waals surface area contributed by atoms with Crippen LogP contribution < -0.4 is 0 Å². The number of nitrogens with zero attached hydrogens (tertiary/aromatic N) is 2. The summed E-state index contributed by atoms with van der Waals surface area (Å²) in [5.74, 6) is 1.36. The molecule has 0 spiro atoms. The Labute approximate surface area is 86.0 Å². The van der Waals surface area contributed by atoms with E-state index in [1.807, 2.05) is 0 Å². The third-order valence-electron chi connectivity index (χ3n) is 2.31. The van der Waals surface area contributed by atoms with Crippen LogP contribution in [0.3, 0.4) is 0 Å². The quantitative estimate of drug-likeness (QED) is 0.605. The maximum absolute atomic E-state index is 2.28. The summed E-state index contributed by atoms with van der Waals surface area (Å²) in [7, 11) is 9.56. The van der Waals surface area contributed by atoms with Crippen molar-refractivity contribution in [2.75, 3.05) is 28.2 Å². The molecule has 2 nitrogen and oxygen atoms in total. The Morgan fingerprint density at radius 1 is 0.923 bits per heavy atom. The highest BCUT2D eigenvalue weighted by Gasteiger charge is 2.19. The number of hydrogen-bond donors (Lipinski definition) is 0. The van der Waals surface area contributed by atoms with E-state index in [1.165, 1.54) is 5.82 Å². The van der Waals surface area contributed by atoms with Gasteiger partial charge in [-0.2, -0.15) is 0 Å². The monoisotopic (exact) mass is 200 g/mol. The van der Waals surface area contributed by atoms with Gasteiger partial charge in [-0.1, -0.05) is 20.8 Å². The molecule has 0 aromatic rings. The summed E-state index contributed by atoms with van der Waals surface area (Å²) in [4.78, 5) is 4.40. The smallest absolute Gasteiger partial charge is 0.0975 e. The van der Waals surface area contributed by atoms with E-state index in [0.717, 1.165) is 10.2 Å². The van der Waals surface area contributed by atoms with Crippen molar-refractivity contribution in [3.63, 3.8) is 0 Å². The van der Waals surface area contributed by atoms with Crippen molar-refractivity contribution >= 4 is 10.2 Å². The zero-order valence-electron chi connectivity index (χ0n) is 10.4. The van der Waals surface area contributed by atoms with Crippen molar-refractivity contribution in [1.29, 1.82) is 0 Å². The molecule has 13 heavy (non-hydrogen) atoms. The molecule has 0 bridgehead atoms. The van der Waals surface area contributed by atoms with Crippen molar-refractivity contribution in [2.45, 2.75) is 20.8 Å². The third kappa shape index (κ3) is 3.42. The van der Waals surface area contributed by atoms with Gasteiger partial charge in [0.05, 0.1) is 5.82 Å². The first kappa shape index (κ1) is 12.6. The maximum Gasteiger partial charge on any atom is 0.0975 e. The van der Waals surface area contributed by atoms with Crippen LogP contribution in [0.25, 0.3) is 0 Å². The minimum Gasteiger partial charge on any atom is -0.365 e. The van der Waals surface area contributed by atoms with Crippen molar-refractivity contribution < 1.29 is 0 Å². The average molecular weight is 200 g/mol. The summed E-state index contributed by atoms with van der Waals surface area (Å²) in [6.45, 7) is 6.84. The van der Waals surface area contributed by atoms with Crippen molar-refractivity contribution in [3.8, 4) is 0 Å². The molecule has 0 aliphatic heterocycles. The van der Waals surface area contributed by atoms with Crippen LogP contribution in [0.15, 0.2) is 11.0 Å². The van der Waals surface area contributed by atoms with Gasteiger partial charge in [0.2, 0.25) is 0 Å². The van der Waals surface area contributed by atoms with Gasteiger partial charge in [-0.05, 0) is 10.6 Å². The fourth-order valence-electron chi connectivity index (χ4n) is 1.41. The van der Waals surface area contributed by atoms with Crippen LogP contribution in [-0.2, 0) is 0 Å². The molecular formula is C10H24N2Si. The van der Waals surface area contributed by atoms with E-state index in [9.17, 15) is 0 Å². The summed E-state index contributed by atoms with van der Waals surface area (Å²) in [6, 6.07) is 0. The van der Waals surface area contributed by atoms with Gasteiger partial charge >= 0.3 is 0 Å². The van der Waals surface area contributed by atoms with E-state index in [0.29, 0.717) is 5.41 Å². The zero-order chi connectivity index (χ0) is 10.8. The lowest BCUT2D eigenvalue weighted by atomic mass is 9.95. The van der Waals surface area contributed by atoms with Gasteiger partial charge < -0.3 is 9.80 Å². The molecule has 0 N–H and O–H groups in total. The van der Waals surface area contributed by atoms with Crippen LogP contribution >= 0.6 is 0 Å². The van der Waals surface area contributed by atoms with Crippen LogP contribution in [-0.4, -0.2) is 48.2 Å². The molecule has 0 atom stereocenters. The molecular weight excluding hydrogens is 176 g/mol. The minimum absolute atomic E-state index is 0.302. The third-order valence-corrected chi connectivity index (χ3v) is 4.25. The summed E-state index contributed by atoms with van der Waals surface area (Å²) >= 11 is 0. The Morgan fingerprint density at radius 3 is 1.31 bits per heavy atom. The van der Waals surface area contributed by atoms with E-state index in [2.05, 4.69) is 58.8 Å².